The van der Waals surface area contributed by atoms with Gasteiger partial charge in [-0.05, 0) is 31.0 Å². The minimum Gasteiger partial charge on any atom is -0.490 e. The Labute approximate surface area is 101 Å². The zero-order valence-corrected chi connectivity index (χ0v) is 10.4. The number of aliphatic hydroxyl groups excluding tert-OH is 2. The minimum atomic E-state index is -0.808. The van der Waals surface area contributed by atoms with E-state index in [9.17, 15) is 14.6 Å². The van der Waals surface area contributed by atoms with Crippen molar-refractivity contribution in [1.82, 2.24) is 0 Å². The summed E-state index contributed by atoms with van der Waals surface area (Å²) in [6.07, 6.45) is -1.39. The first-order valence-corrected chi connectivity index (χ1v) is 5.70. The molecule has 0 amide bonds. The van der Waals surface area contributed by atoms with Crippen molar-refractivity contribution in [3.8, 4) is 5.75 Å². The summed E-state index contributed by atoms with van der Waals surface area (Å²) < 4.78 is 18.4. The maximum atomic E-state index is 13.0. The highest BCUT2D eigenvalue weighted by Crippen LogP contribution is 2.26. The zero-order valence-electron chi connectivity index (χ0n) is 10.4. The standard InChI is InChI=1S/C13H19FO3/c1-8(2)12(16)7-17-13-5-4-10(14)6-11(13)9(3)15/h4-6,8-9,12,15-16H,7H2,1-3H3/t9-,12?/m1/s1. The highest BCUT2D eigenvalue weighted by molar-refractivity contribution is 5.35. The molecule has 0 aromatic heterocycles. The van der Waals surface area contributed by atoms with Crippen LogP contribution in [0.1, 0.15) is 32.4 Å². The molecule has 4 heteroatoms. The van der Waals surface area contributed by atoms with Crippen molar-refractivity contribution in [2.24, 2.45) is 5.92 Å². The molecule has 0 spiro atoms. The van der Waals surface area contributed by atoms with E-state index in [2.05, 4.69) is 0 Å². The summed E-state index contributed by atoms with van der Waals surface area (Å²) in [6, 6.07) is 3.97. The van der Waals surface area contributed by atoms with Crippen LogP contribution in [0.4, 0.5) is 4.39 Å². The van der Waals surface area contributed by atoms with Crippen LogP contribution in [-0.2, 0) is 0 Å². The number of halogens is 1. The second-order valence-corrected chi connectivity index (χ2v) is 4.48. The monoisotopic (exact) mass is 242 g/mol. The van der Waals surface area contributed by atoms with Crippen LogP contribution in [0.2, 0.25) is 0 Å². The molecule has 0 radical (unpaired) electrons. The number of hydrogen-bond acceptors (Lipinski definition) is 3. The third-order valence-corrected chi connectivity index (χ3v) is 2.60. The molecule has 1 unspecified atom stereocenters. The summed E-state index contributed by atoms with van der Waals surface area (Å²) >= 11 is 0. The maximum absolute atomic E-state index is 13.0. The molecule has 0 saturated carbocycles. The molecule has 0 aliphatic carbocycles. The largest absolute Gasteiger partial charge is 0.490 e. The lowest BCUT2D eigenvalue weighted by molar-refractivity contribution is 0.0682. The van der Waals surface area contributed by atoms with Crippen LogP contribution >= 0.6 is 0 Å². The van der Waals surface area contributed by atoms with E-state index < -0.39 is 18.0 Å². The van der Waals surface area contributed by atoms with Gasteiger partial charge in [-0.2, -0.15) is 0 Å². The van der Waals surface area contributed by atoms with E-state index in [1.165, 1.54) is 18.2 Å². The Morgan fingerprint density at radius 1 is 1.24 bits per heavy atom. The molecular formula is C13H19FO3. The Balaban J connectivity index is 2.77. The predicted octanol–water partition coefficient (Wildman–Crippen LogP) is 2.27. The fourth-order valence-electron chi connectivity index (χ4n) is 1.34. The molecule has 0 aliphatic heterocycles. The van der Waals surface area contributed by atoms with Crippen molar-refractivity contribution in [2.75, 3.05) is 6.61 Å². The lowest BCUT2D eigenvalue weighted by Gasteiger charge is -2.18. The van der Waals surface area contributed by atoms with Gasteiger partial charge < -0.3 is 14.9 Å². The molecular weight excluding hydrogens is 223 g/mol. The van der Waals surface area contributed by atoms with Crippen molar-refractivity contribution >= 4 is 0 Å². The Kier molecular flexibility index (Phi) is 4.90. The van der Waals surface area contributed by atoms with Crippen LogP contribution in [0, 0.1) is 11.7 Å². The van der Waals surface area contributed by atoms with Gasteiger partial charge in [-0.3, -0.25) is 0 Å². The molecule has 1 rings (SSSR count). The molecule has 0 aliphatic rings. The van der Waals surface area contributed by atoms with Crippen molar-refractivity contribution in [1.29, 1.82) is 0 Å². The van der Waals surface area contributed by atoms with Gasteiger partial charge in [0.2, 0.25) is 0 Å². The predicted molar refractivity (Wildman–Crippen MR) is 63.4 cm³/mol. The minimum absolute atomic E-state index is 0.0884. The summed E-state index contributed by atoms with van der Waals surface area (Å²) in [5.74, 6) is 0.0733. The maximum Gasteiger partial charge on any atom is 0.125 e. The molecule has 0 fully saturated rings. The fourth-order valence-corrected chi connectivity index (χ4v) is 1.34. The first-order valence-electron chi connectivity index (χ1n) is 5.70. The first kappa shape index (κ1) is 13.9. The van der Waals surface area contributed by atoms with Crippen LogP contribution in [0.3, 0.4) is 0 Å². The Morgan fingerprint density at radius 3 is 2.41 bits per heavy atom. The van der Waals surface area contributed by atoms with Crippen LogP contribution in [0.5, 0.6) is 5.75 Å². The number of ether oxygens (including phenoxy) is 1. The van der Waals surface area contributed by atoms with Gasteiger partial charge in [0.1, 0.15) is 18.2 Å². The van der Waals surface area contributed by atoms with E-state index in [4.69, 9.17) is 4.74 Å². The van der Waals surface area contributed by atoms with Gasteiger partial charge in [-0.15, -0.1) is 0 Å². The topological polar surface area (TPSA) is 49.7 Å². The third-order valence-electron chi connectivity index (χ3n) is 2.60. The summed E-state index contributed by atoms with van der Waals surface area (Å²) in [6.45, 7) is 5.44. The molecule has 3 nitrogen and oxygen atoms in total. The van der Waals surface area contributed by atoms with Crippen LogP contribution < -0.4 is 4.74 Å². The fraction of sp³-hybridized carbons (Fsp3) is 0.538. The van der Waals surface area contributed by atoms with Gasteiger partial charge >= 0.3 is 0 Å². The quantitative estimate of drug-likeness (QED) is 0.832. The van der Waals surface area contributed by atoms with Crippen molar-refractivity contribution in [3.63, 3.8) is 0 Å². The summed E-state index contributed by atoms with van der Waals surface area (Å²) in [5, 5.41) is 19.1. The Bertz CT molecular complexity index is 364. The van der Waals surface area contributed by atoms with Gasteiger partial charge in [-0.1, -0.05) is 13.8 Å². The second kappa shape index (κ2) is 5.98. The third kappa shape index (κ3) is 3.98. The molecule has 2 atom stereocenters. The van der Waals surface area contributed by atoms with E-state index in [1.54, 1.807) is 6.92 Å². The van der Waals surface area contributed by atoms with Crippen molar-refractivity contribution < 1.29 is 19.3 Å². The number of rotatable bonds is 5. The lowest BCUT2D eigenvalue weighted by atomic mass is 10.1. The van der Waals surface area contributed by atoms with Gasteiger partial charge in [0.15, 0.2) is 0 Å². The van der Waals surface area contributed by atoms with Crippen LogP contribution in [-0.4, -0.2) is 22.9 Å². The SMILES string of the molecule is CC(C)C(O)COc1ccc(F)cc1[C@@H](C)O. The van der Waals surface area contributed by atoms with E-state index in [0.717, 1.165) is 0 Å². The van der Waals surface area contributed by atoms with Gasteiger partial charge in [0, 0.05) is 5.56 Å². The second-order valence-electron chi connectivity index (χ2n) is 4.48. The molecule has 0 bridgehead atoms. The number of aliphatic hydroxyl groups is 2. The summed E-state index contributed by atoms with van der Waals surface area (Å²) in [4.78, 5) is 0. The first-order chi connectivity index (χ1) is 7.91. The molecule has 1 aromatic carbocycles. The molecule has 0 saturated heterocycles. The number of benzene rings is 1. The Hall–Kier alpha value is -1.13. The molecule has 2 N–H and O–H groups in total. The zero-order chi connectivity index (χ0) is 13.0. The van der Waals surface area contributed by atoms with Crippen molar-refractivity contribution in [3.05, 3.63) is 29.6 Å². The number of hydrogen-bond donors (Lipinski definition) is 2. The average Bonchev–Trinajstić information content (AvgIpc) is 2.26. The van der Waals surface area contributed by atoms with Crippen LogP contribution in [0.25, 0.3) is 0 Å². The molecule has 0 heterocycles. The highest BCUT2D eigenvalue weighted by Gasteiger charge is 2.14. The summed E-state index contributed by atoms with van der Waals surface area (Å²) in [5.41, 5.74) is 0.390. The van der Waals surface area contributed by atoms with E-state index in [0.29, 0.717) is 11.3 Å². The molecule has 96 valence electrons. The van der Waals surface area contributed by atoms with Gasteiger partial charge in [0.25, 0.3) is 0 Å². The normalized spacial score (nSPS) is 14.8. The molecule has 17 heavy (non-hydrogen) atoms. The molecule has 1 aromatic rings. The smallest absolute Gasteiger partial charge is 0.125 e. The van der Waals surface area contributed by atoms with Crippen LogP contribution in [0.15, 0.2) is 18.2 Å². The Morgan fingerprint density at radius 2 is 1.88 bits per heavy atom. The van der Waals surface area contributed by atoms with E-state index in [1.807, 2.05) is 13.8 Å². The average molecular weight is 242 g/mol. The van der Waals surface area contributed by atoms with E-state index >= 15 is 0 Å². The van der Waals surface area contributed by atoms with E-state index in [-0.39, 0.29) is 12.5 Å². The van der Waals surface area contributed by atoms with Crippen molar-refractivity contribution in [2.45, 2.75) is 33.0 Å². The highest BCUT2D eigenvalue weighted by atomic mass is 19.1. The van der Waals surface area contributed by atoms with Gasteiger partial charge in [-0.25, -0.2) is 4.39 Å². The summed E-state index contributed by atoms with van der Waals surface area (Å²) in [7, 11) is 0. The lowest BCUT2D eigenvalue weighted by Crippen LogP contribution is -2.23. The van der Waals surface area contributed by atoms with Gasteiger partial charge in [0.05, 0.1) is 12.2 Å².